The van der Waals surface area contributed by atoms with Gasteiger partial charge in [-0.15, -0.1) is 0 Å². The van der Waals surface area contributed by atoms with Crippen molar-refractivity contribution in [1.29, 1.82) is 0 Å². The molecule has 2 aliphatic rings. The highest BCUT2D eigenvalue weighted by Crippen LogP contribution is 2.28. The van der Waals surface area contributed by atoms with Crippen LogP contribution >= 0.6 is 0 Å². The Labute approximate surface area is 103 Å². The van der Waals surface area contributed by atoms with Gasteiger partial charge >= 0.3 is 0 Å². The average molecular weight is 240 g/mol. The monoisotopic (exact) mass is 240 g/mol. The van der Waals surface area contributed by atoms with Gasteiger partial charge in [-0.25, -0.2) is 0 Å². The fourth-order valence-electron chi connectivity index (χ4n) is 2.59. The third-order valence-electron chi connectivity index (χ3n) is 4.02. The molecular formula is C13H24N2O2. The van der Waals surface area contributed by atoms with E-state index in [1.807, 2.05) is 0 Å². The summed E-state index contributed by atoms with van der Waals surface area (Å²) >= 11 is 0. The second-order valence-corrected chi connectivity index (χ2v) is 5.51. The highest BCUT2D eigenvalue weighted by atomic mass is 16.5. The second-order valence-electron chi connectivity index (χ2n) is 5.51. The molecule has 0 bridgehead atoms. The molecular weight excluding hydrogens is 216 g/mol. The smallest absolute Gasteiger partial charge is 0.226 e. The predicted molar refractivity (Wildman–Crippen MR) is 66.8 cm³/mol. The molecule has 2 rings (SSSR count). The van der Waals surface area contributed by atoms with E-state index in [1.54, 1.807) is 0 Å². The summed E-state index contributed by atoms with van der Waals surface area (Å²) in [5.41, 5.74) is -0.181. The minimum absolute atomic E-state index is 0.181. The van der Waals surface area contributed by atoms with Crippen molar-refractivity contribution in [2.75, 3.05) is 26.2 Å². The molecule has 0 aromatic heterocycles. The van der Waals surface area contributed by atoms with Crippen molar-refractivity contribution in [2.45, 2.75) is 45.1 Å². The number of carbonyl (C=O) groups excluding carboxylic acids is 1. The Balaban J connectivity index is 1.75. The molecule has 1 unspecified atom stereocenters. The normalized spacial score (nSPS) is 28.6. The van der Waals surface area contributed by atoms with Crippen molar-refractivity contribution in [3.63, 3.8) is 0 Å². The molecule has 0 saturated carbocycles. The quantitative estimate of drug-likeness (QED) is 0.775. The molecule has 2 heterocycles. The van der Waals surface area contributed by atoms with Gasteiger partial charge in [0.1, 0.15) is 0 Å². The van der Waals surface area contributed by atoms with E-state index < -0.39 is 0 Å². The van der Waals surface area contributed by atoms with E-state index in [0.29, 0.717) is 6.54 Å². The van der Waals surface area contributed by atoms with Crippen LogP contribution in [0.25, 0.3) is 0 Å². The molecule has 0 aromatic rings. The average Bonchev–Trinajstić information content (AvgIpc) is 2.38. The highest BCUT2D eigenvalue weighted by molar-refractivity contribution is 5.82. The van der Waals surface area contributed by atoms with Gasteiger partial charge in [-0.2, -0.15) is 0 Å². The zero-order valence-electron chi connectivity index (χ0n) is 10.8. The Hall–Kier alpha value is -0.610. The Morgan fingerprint density at radius 2 is 2.18 bits per heavy atom. The van der Waals surface area contributed by atoms with Crippen LogP contribution in [0.2, 0.25) is 0 Å². The molecule has 0 radical (unpaired) electrons. The van der Waals surface area contributed by atoms with Gasteiger partial charge in [0.25, 0.3) is 0 Å². The van der Waals surface area contributed by atoms with Crippen LogP contribution in [-0.2, 0) is 9.53 Å². The standard InChI is InChI=1S/C13H24N2O2/c1-13(5-7-14-8-6-13)12(16)15-10-11-4-2-3-9-17-11/h11,14H,2-10H2,1H3,(H,15,16). The molecule has 0 aromatic carbocycles. The number of amides is 1. The highest BCUT2D eigenvalue weighted by Gasteiger charge is 2.34. The van der Waals surface area contributed by atoms with Crippen LogP contribution in [-0.4, -0.2) is 38.3 Å². The van der Waals surface area contributed by atoms with Crippen LogP contribution in [0.1, 0.15) is 39.0 Å². The molecule has 2 fully saturated rings. The van der Waals surface area contributed by atoms with Crippen LogP contribution in [0.3, 0.4) is 0 Å². The summed E-state index contributed by atoms with van der Waals surface area (Å²) in [6.07, 6.45) is 5.57. The van der Waals surface area contributed by atoms with Crippen molar-refractivity contribution in [1.82, 2.24) is 10.6 Å². The summed E-state index contributed by atoms with van der Waals surface area (Å²) in [4.78, 5) is 12.2. The first-order valence-electron chi connectivity index (χ1n) is 6.81. The SMILES string of the molecule is CC1(C(=O)NCC2CCCCO2)CCNCC1. The molecule has 4 nitrogen and oxygen atoms in total. The summed E-state index contributed by atoms with van der Waals surface area (Å²) in [5, 5.41) is 6.37. The van der Waals surface area contributed by atoms with Crippen molar-refractivity contribution >= 4 is 5.91 Å². The number of carbonyl (C=O) groups is 1. The van der Waals surface area contributed by atoms with Gasteiger partial charge in [-0.3, -0.25) is 4.79 Å². The first-order chi connectivity index (χ1) is 8.21. The number of ether oxygens (including phenoxy) is 1. The summed E-state index contributed by atoms with van der Waals surface area (Å²) in [6.45, 7) is 5.50. The van der Waals surface area contributed by atoms with Crippen molar-refractivity contribution in [3.8, 4) is 0 Å². The second kappa shape index (κ2) is 5.83. The minimum Gasteiger partial charge on any atom is -0.376 e. The lowest BCUT2D eigenvalue weighted by atomic mass is 9.80. The fraction of sp³-hybridized carbons (Fsp3) is 0.923. The maximum absolute atomic E-state index is 12.2. The van der Waals surface area contributed by atoms with E-state index in [0.717, 1.165) is 45.4 Å². The molecule has 2 N–H and O–H groups in total. The summed E-state index contributed by atoms with van der Waals surface area (Å²) in [7, 11) is 0. The maximum atomic E-state index is 12.2. The van der Waals surface area contributed by atoms with Crippen LogP contribution < -0.4 is 10.6 Å². The van der Waals surface area contributed by atoms with Crippen LogP contribution in [0.5, 0.6) is 0 Å². The topological polar surface area (TPSA) is 50.4 Å². The molecule has 2 aliphatic heterocycles. The van der Waals surface area contributed by atoms with E-state index in [9.17, 15) is 4.79 Å². The van der Waals surface area contributed by atoms with Gasteiger partial charge in [-0.1, -0.05) is 6.92 Å². The lowest BCUT2D eigenvalue weighted by molar-refractivity contribution is -0.132. The van der Waals surface area contributed by atoms with Gasteiger partial charge in [0.15, 0.2) is 0 Å². The van der Waals surface area contributed by atoms with Crippen molar-refractivity contribution in [3.05, 3.63) is 0 Å². The first kappa shape index (κ1) is 12.8. The molecule has 1 atom stereocenters. The van der Waals surface area contributed by atoms with E-state index in [1.165, 1.54) is 6.42 Å². The van der Waals surface area contributed by atoms with Crippen molar-refractivity contribution in [2.24, 2.45) is 5.41 Å². The lowest BCUT2D eigenvalue weighted by Gasteiger charge is -2.33. The van der Waals surface area contributed by atoms with E-state index >= 15 is 0 Å². The first-order valence-corrected chi connectivity index (χ1v) is 6.81. The van der Waals surface area contributed by atoms with Gasteiger partial charge in [0.2, 0.25) is 5.91 Å². The third kappa shape index (κ3) is 3.42. The summed E-state index contributed by atoms with van der Waals surface area (Å²) in [5.74, 6) is 0.202. The summed E-state index contributed by atoms with van der Waals surface area (Å²) < 4.78 is 5.62. The molecule has 98 valence electrons. The number of piperidine rings is 1. The van der Waals surface area contributed by atoms with Crippen LogP contribution in [0, 0.1) is 5.41 Å². The zero-order valence-corrected chi connectivity index (χ0v) is 10.8. The molecule has 0 aliphatic carbocycles. The molecule has 4 heteroatoms. The lowest BCUT2D eigenvalue weighted by Crippen LogP contribution is -2.47. The number of hydrogen-bond acceptors (Lipinski definition) is 3. The Morgan fingerprint density at radius 3 is 2.82 bits per heavy atom. The Kier molecular flexibility index (Phi) is 4.40. The van der Waals surface area contributed by atoms with E-state index in [2.05, 4.69) is 17.6 Å². The van der Waals surface area contributed by atoms with Crippen molar-refractivity contribution < 1.29 is 9.53 Å². The van der Waals surface area contributed by atoms with Gasteiger partial charge in [0.05, 0.1) is 6.10 Å². The zero-order chi connectivity index (χ0) is 12.1. The number of rotatable bonds is 3. The molecule has 1 amide bonds. The number of nitrogens with one attached hydrogen (secondary N) is 2. The Bertz CT molecular complexity index is 256. The van der Waals surface area contributed by atoms with E-state index in [4.69, 9.17) is 4.74 Å². The largest absolute Gasteiger partial charge is 0.376 e. The van der Waals surface area contributed by atoms with Crippen LogP contribution in [0.4, 0.5) is 0 Å². The number of hydrogen-bond donors (Lipinski definition) is 2. The van der Waals surface area contributed by atoms with Crippen LogP contribution in [0.15, 0.2) is 0 Å². The van der Waals surface area contributed by atoms with Gasteiger partial charge < -0.3 is 15.4 Å². The third-order valence-corrected chi connectivity index (χ3v) is 4.02. The molecule has 0 spiro atoms. The predicted octanol–water partition coefficient (Wildman–Crippen LogP) is 1.06. The Morgan fingerprint density at radius 1 is 1.41 bits per heavy atom. The summed E-state index contributed by atoms with van der Waals surface area (Å²) in [6, 6.07) is 0. The van der Waals surface area contributed by atoms with Gasteiger partial charge in [-0.05, 0) is 45.2 Å². The fourth-order valence-corrected chi connectivity index (χ4v) is 2.59. The van der Waals surface area contributed by atoms with E-state index in [-0.39, 0.29) is 17.4 Å². The van der Waals surface area contributed by atoms with Gasteiger partial charge in [0, 0.05) is 18.6 Å². The molecule has 17 heavy (non-hydrogen) atoms. The minimum atomic E-state index is -0.181. The maximum Gasteiger partial charge on any atom is 0.226 e. The molecule has 2 saturated heterocycles.